The van der Waals surface area contributed by atoms with Gasteiger partial charge in [-0.05, 0) is 84.2 Å². The molecule has 1 heterocycles. The minimum absolute atomic E-state index is 1.18. The van der Waals surface area contributed by atoms with Crippen LogP contribution in [-0.4, -0.2) is 4.57 Å². The molecule has 0 radical (unpaired) electrons. The fraction of sp³-hybridized carbons (Fsp3) is 0. The maximum Gasteiger partial charge on any atom is 0.0548 e. The number of fused-ring (bicyclic) bond motifs is 4. The molecule has 1 heteroatoms. The Morgan fingerprint density at radius 2 is 0.837 bits per heavy atom. The van der Waals surface area contributed by atoms with Crippen molar-refractivity contribution < 1.29 is 0 Å². The molecule has 0 saturated heterocycles. The van der Waals surface area contributed by atoms with Gasteiger partial charge in [0.15, 0.2) is 0 Å². The van der Waals surface area contributed by atoms with Crippen molar-refractivity contribution >= 4 is 64.9 Å². The van der Waals surface area contributed by atoms with Crippen LogP contribution in [0.4, 0.5) is 0 Å². The minimum atomic E-state index is 1.18. The van der Waals surface area contributed by atoms with Gasteiger partial charge in [0.05, 0.1) is 11.0 Å². The van der Waals surface area contributed by atoms with Crippen molar-refractivity contribution in [3.8, 4) is 27.9 Å². The van der Waals surface area contributed by atoms with Gasteiger partial charge < -0.3 is 4.57 Å². The lowest BCUT2D eigenvalue weighted by atomic mass is 9.86. The summed E-state index contributed by atoms with van der Waals surface area (Å²) in [4.78, 5) is 0. The normalized spacial score (nSPS) is 12.2. The van der Waals surface area contributed by atoms with Crippen molar-refractivity contribution in [2.45, 2.75) is 0 Å². The van der Waals surface area contributed by atoms with Crippen molar-refractivity contribution in [1.29, 1.82) is 0 Å². The van der Waals surface area contributed by atoms with Crippen LogP contribution in [0.25, 0.3) is 92.8 Å². The smallest absolute Gasteiger partial charge is 0.0548 e. The average molecular weight is 544 g/mol. The van der Waals surface area contributed by atoms with Crippen LogP contribution in [-0.2, 0) is 0 Å². The first-order valence-corrected chi connectivity index (χ1v) is 15.0. The van der Waals surface area contributed by atoms with Crippen LogP contribution in [0.2, 0.25) is 0 Å². The number of aromatic nitrogens is 1. The summed E-state index contributed by atoms with van der Waals surface area (Å²) in [6.45, 7) is 0. The fourth-order valence-electron chi connectivity index (χ4n) is 7.78. The molecule has 0 aliphatic heterocycles. The monoisotopic (exact) mass is 543 g/mol. The zero-order chi connectivity index (χ0) is 28.1. The summed E-state index contributed by atoms with van der Waals surface area (Å²) in [6, 6.07) is 55.7. The molecule has 9 aromatic carbocycles. The molecule has 0 bridgehead atoms. The van der Waals surface area contributed by atoms with Crippen LogP contribution < -0.4 is 0 Å². The van der Waals surface area contributed by atoms with E-state index in [1.807, 2.05) is 0 Å². The fourth-order valence-corrected chi connectivity index (χ4v) is 7.78. The van der Waals surface area contributed by atoms with Gasteiger partial charge in [0.1, 0.15) is 0 Å². The predicted molar refractivity (Wildman–Crippen MR) is 184 cm³/mol. The Hall–Kier alpha value is -5.66. The van der Waals surface area contributed by atoms with E-state index in [4.69, 9.17) is 0 Å². The molecule has 0 aliphatic carbocycles. The first kappa shape index (κ1) is 23.0. The molecule has 10 rings (SSSR count). The summed E-state index contributed by atoms with van der Waals surface area (Å²) in [6.07, 6.45) is 0. The van der Waals surface area contributed by atoms with Crippen molar-refractivity contribution in [2.75, 3.05) is 0 Å². The first-order chi connectivity index (χ1) is 21.4. The van der Waals surface area contributed by atoms with Gasteiger partial charge >= 0.3 is 0 Å². The first-order valence-electron chi connectivity index (χ1n) is 15.0. The van der Waals surface area contributed by atoms with E-state index >= 15 is 0 Å². The molecular formula is C42H25N. The topological polar surface area (TPSA) is 4.93 Å². The third kappa shape index (κ3) is 3.01. The molecule has 10 aromatic rings. The third-order valence-corrected chi connectivity index (χ3v) is 9.50. The summed E-state index contributed by atoms with van der Waals surface area (Å²) in [7, 11) is 0. The van der Waals surface area contributed by atoms with Gasteiger partial charge in [-0.1, -0.05) is 127 Å². The summed E-state index contributed by atoms with van der Waals surface area (Å²) < 4.78 is 2.48. The van der Waals surface area contributed by atoms with E-state index < -0.39 is 0 Å². The number of benzene rings is 9. The minimum Gasteiger partial charge on any atom is -0.309 e. The quantitative estimate of drug-likeness (QED) is 0.154. The van der Waals surface area contributed by atoms with Crippen LogP contribution in [0.5, 0.6) is 0 Å². The van der Waals surface area contributed by atoms with Gasteiger partial charge in [0, 0.05) is 21.8 Å². The predicted octanol–water partition coefficient (Wildman–Crippen LogP) is 11.6. The molecule has 0 fully saturated rings. The van der Waals surface area contributed by atoms with E-state index in [1.54, 1.807) is 0 Å². The Kier molecular flexibility index (Phi) is 4.51. The highest BCUT2D eigenvalue weighted by atomic mass is 15.0. The number of hydrogen-bond acceptors (Lipinski definition) is 0. The molecule has 0 amide bonds. The summed E-state index contributed by atoms with van der Waals surface area (Å²) in [5.41, 5.74) is 8.64. The van der Waals surface area contributed by atoms with Gasteiger partial charge in [-0.2, -0.15) is 0 Å². The Morgan fingerprint density at radius 1 is 0.302 bits per heavy atom. The maximum atomic E-state index is 2.48. The van der Waals surface area contributed by atoms with E-state index in [9.17, 15) is 0 Å². The summed E-state index contributed by atoms with van der Waals surface area (Å²) in [5.74, 6) is 0. The van der Waals surface area contributed by atoms with E-state index in [-0.39, 0.29) is 0 Å². The highest BCUT2D eigenvalue weighted by Gasteiger charge is 2.23. The molecule has 1 aromatic heterocycles. The SMILES string of the molecule is c1ccc(-c2ccccc2-c2cccc(-n3c4cccc5c6cccc7c8ccccc8c8ccc3c(c8c76)c54)c2)cc1. The summed E-state index contributed by atoms with van der Waals surface area (Å²) >= 11 is 0. The van der Waals surface area contributed by atoms with Crippen molar-refractivity contribution in [3.63, 3.8) is 0 Å². The Bertz CT molecular complexity index is 2660. The van der Waals surface area contributed by atoms with Crippen LogP contribution in [0.15, 0.2) is 152 Å². The molecule has 43 heavy (non-hydrogen) atoms. The molecule has 0 spiro atoms. The van der Waals surface area contributed by atoms with Gasteiger partial charge in [0.25, 0.3) is 0 Å². The highest BCUT2D eigenvalue weighted by Crippen LogP contribution is 2.49. The summed E-state index contributed by atoms with van der Waals surface area (Å²) in [5, 5.41) is 13.5. The number of nitrogens with zero attached hydrogens (tertiary/aromatic N) is 1. The molecule has 0 aliphatic rings. The van der Waals surface area contributed by atoms with Crippen molar-refractivity contribution in [3.05, 3.63) is 152 Å². The second-order valence-electron chi connectivity index (χ2n) is 11.7. The van der Waals surface area contributed by atoms with E-state index in [0.29, 0.717) is 0 Å². The highest BCUT2D eigenvalue weighted by molar-refractivity contribution is 6.44. The lowest BCUT2D eigenvalue weighted by Crippen LogP contribution is -1.95. The van der Waals surface area contributed by atoms with Crippen LogP contribution >= 0.6 is 0 Å². The van der Waals surface area contributed by atoms with Crippen LogP contribution in [0, 0.1) is 0 Å². The lowest BCUT2D eigenvalue weighted by Gasteiger charge is -2.16. The second-order valence-corrected chi connectivity index (χ2v) is 11.7. The van der Waals surface area contributed by atoms with Gasteiger partial charge in [-0.3, -0.25) is 0 Å². The molecule has 1 nitrogen and oxygen atoms in total. The molecule has 0 saturated carbocycles. The molecular weight excluding hydrogens is 518 g/mol. The molecule has 198 valence electrons. The average Bonchev–Trinajstić information content (AvgIpc) is 3.43. The Balaban J connectivity index is 1.32. The Labute approximate surface area is 248 Å². The number of hydrogen-bond donors (Lipinski definition) is 0. The molecule has 0 unspecified atom stereocenters. The largest absolute Gasteiger partial charge is 0.309 e. The van der Waals surface area contributed by atoms with E-state index in [0.717, 1.165) is 0 Å². The van der Waals surface area contributed by atoms with Crippen LogP contribution in [0.3, 0.4) is 0 Å². The van der Waals surface area contributed by atoms with Crippen molar-refractivity contribution in [2.24, 2.45) is 0 Å². The van der Waals surface area contributed by atoms with E-state index in [1.165, 1.54) is 92.8 Å². The van der Waals surface area contributed by atoms with Gasteiger partial charge in [0.2, 0.25) is 0 Å². The van der Waals surface area contributed by atoms with Crippen molar-refractivity contribution in [1.82, 2.24) is 4.57 Å². The maximum absolute atomic E-state index is 2.48. The van der Waals surface area contributed by atoms with Gasteiger partial charge in [-0.15, -0.1) is 0 Å². The number of rotatable bonds is 3. The zero-order valence-electron chi connectivity index (χ0n) is 23.4. The lowest BCUT2D eigenvalue weighted by molar-refractivity contribution is 1.18. The Morgan fingerprint density at radius 3 is 1.63 bits per heavy atom. The molecule has 0 atom stereocenters. The second kappa shape index (κ2) is 8.44. The molecule has 0 N–H and O–H groups in total. The third-order valence-electron chi connectivity index (χ3n) is 9.50. The standard InChI is InChI=1S/C42H25N/c1-2-11-26(12-3-1)29-15-4-5-16-30(29)27-13-8-14-28(25-27)43-37-22-10-21-35-34-20-9-19-33-31-17-6-7-18-32(31)36-23-24-38(43)42(40(35)37)41(36)39(33)34/h1-25H. The van der Waals surface area contributed by atoms with Crippen LogP contribution in [0.1, 0.15) is 0 Å². The van der Waals surface area contributed by atoms with E-state index in [2.05, 4.69) is 156 Å². The van der Waals surface area contributed by atoms with Gasteiger partial charge in [-0.25, -0.2) is 0 Å². The zero-order valence-corrected chi connectivity index (χ0v) is 23.4.